The Balaban J connectivity index is 1.47. The predicted molar refractivity (Wildman–Crippen MR) is 99.1 cm³/mol. The lowest BCUT2D eigenvalue weighted by Gasteiger charge is -2.26. The number of nitrogens with one attached hydrogen (secondary N) is 1. The standard InChI is InChI=1S/C19H24N2O4S/c22-18(12-16-8-11-26(24,25)14-16)20-13-15-4-6-17(7-5-15)19(23)21-9-2-1-3-10-21/h4-8,11,16H,1-3,9-10,12-14H2,(H,20,22). The van der Waals surface area contributed by atoms with Gasteiger partial charge in [0.1, 0.15) is 0 Å². The number of hydrogen-bond donors (Lipinski definition) is 1. The van der Waals surface area contributed by atoms with E-state index in [1.807, 2.05) is 17.0 Å². The average Bonchev–Trinajstić information content (AvgIpc) is 2.99. The van der Waals surface area contributed by atoms with E-state index >= 15 is 0 Å². The molecule has 0 spiro atoms. The summed E-state index contributed by atoms with van der Waals surface area (Å²) in [5.41, 5.74) is 1.58. The van der Waals surface area contributed by atoms with E-state index in [-0.39, 0.29) is 29.9 Å². The Bertz CT molecular complexity index is 793. The molecule has 140 valence electrons. The highest BCUT2D eigenvalue weighted by atomic mass is 32.2. The number of allylic oxidation sites excluding steroid dienone is 1. The summed E-state index contributed by atoms with van der Waals surface area (Å²) in [6.07, 6.45) is 5.06. The SMILES string of the molecule is O=C(CC1C=CS(=O)(=O)C1)NCc1ccc(C(=O)N2CCCCC2)cc1. The van der Waals surface area contributed by atoms with Crippen LogP contribution in [0.5, 0.6) is 0 Å². The molecular formula is C19H24N2O4S. The maximum atomic E-state index is 12.4. The van der Waals surface area contributed by atoms with Gasteiger partial charge in [0.2, 0.25) is 5.91 Å². The third-order valence-electron chi connectivity index (χ3n) is 4.79. The summed E-state index contributed by atoms with van der Waals surface area (Å²) in [5, 5.41) is 3.99. The van der Waals surface area contributed by atoms with Crippen LogP contribution in [0, 0.1) is 5.92 Å². The van der Waals surface area contributed by atoms with Crippen LogP contribution < -0.4 is 5.32 Å². The fraction of sp³-hybridized carbons (Fsp3) is 0.474. The van der Waals surface area contributed by atoms with Crippen molar-refractivity contribution in [2.45, 2.75) is 32.2 Å². The van der Waals surface area contributed by atoms with Gasteiger partial charge in [-0.1, -0.05) is 18.2 Å². The normalized spacial score (nSPS) is 21.5. The van der Waals surface area contributed by atoms with Crippen molar-refractivity contribution in [3.63, 3.8) is 0 Å². The molecule has 6 nitrogen and oxygen atoms in total. The number of nitrogens with zero attached hydrogens (tertiary/aromatic N) is 1. The maximum absolute atomic E-state index is 12.4. The summed E-state index contributed by atoms with van der Waals surface area (Å²) < 4.78 is 22.7. The van der Waals surface area contributed by atoms with Crippen LogP contribution in [-0.2, 0) is 21.2 Å². The second kappa shape index (κ2) is 8.03. The lowest BCUT2D eigenvalue weighted by Crippen LogP contribution is -2.35. The first-order valence-corrected chi connectivity index (χ1v) is 10.7. The largest absolute Gasteiger partial charge is 0.352 e. The van der Waals surface area contributed by atoms with Gasteiger partial charge in [-0.2, -0.15) is 0 Å². The van der Waals surface area contributed by atoms with Crippen LogP contribution in [0.15, 0.2) is 35.7 Å². The van der Waals surface area contributed by atoms with Gasteiger partial charge < -0.3 is 10.2 Å². The molecule has 26 heavy (non-hydrogen) atoms. The molecule has 0 bridgehead atoms. The number of likely N-dealkylation sites (tertiary alicyclic amines) is 1. The quantitative estimate of drug-likeness (QED) is 0.850. The highest BCUT2D eigenvalue weighted by Gasteiger charge is 2.23. The van der Waals surface area contributed by atoms with Crippen LogP contribution in [0.1, 0.15) is 41.6 Å². The van der Waals surface area contributed by atoms with Crippen molar-refractivity contribution < 1.29 is 18.0 Å². The van der Waals surface area contributed by atoms with Gasteiger partial charge in [0, 0.05) is 42.9 Å². The molecule has 0 aromatic heterocycles. The first-order valence-electron chi connectivity index (χ1n) is 8.99. The van der Waals surface area contributed by atoms with Gasteiger partial charge in [-0.15, -0.1) is 0 Å². The Kier molecular flexibility index (Phi) is 5.76. The van der Waals surface area contributed by atoms with E-state index in [0.29, 0.717) is 12.1 Å². The molecule has 2 heterocycles. The number of hydrogen-bond acceptors (Lipinski definition) is 4. The van der Waals surface area contributed by atoms with Crippen molar-refractivity contribution >= 4 is 21.7 Å². The lowest BCUT2D eigenvalue weighted by atomic mass is 10.1. The predicted octanol–water partition coefficient (Wildman–Crippen LogP) is 1.88. The maximum Gasteiger partial charge on any atom is 0.253 e. The molecule has 1 atom stereocenters. The number of rotatable bonds is 5. The first-order chi connectivity index (χ1) is 12.4. The van der Waals surface area contributed by atoms with Crippen molar-refractivity contribution in [2.75, 3.05) is 18.8 Å². The van der Waals surface area contributed by atoms with Crippen LogP contribution in [0.4, 0.5) is 0 Å². The third-order valence-corrected chi connectivity index (χ3v) is 6.25. The minimum atomic E-state index is -3.13. The van der Waals surface area contributed by atoms with Crippen LogP contribution in [0.2, 0.25) is 0 Å². The second-order valence-electron chi connectivity index (χ2n) is 6.95. The van der Waals surface area contributed by atoms with E-state index in [1.54, 1.807) is 18.2 Å². The summed E-state index contributed by atoms with van der Waals surface area (Å²) in [7, 11) is -3.13. The molecule has 1 N–H and O–H groups in total. The lowest BCUT2D eigenvalue weighted by molar-refractivity contribution is -0.121. The second-order valence-corrected chi connectivity index (χ2v) is 8.88. The van der Waals surface area contributed by atoms with E-state index in [2.05, 4.69) is 5.32 Å². The Labute approximate surface area is 154 Å². The van der Waals surface area contributed by atoms with Crippen molar-refractivity contribution in [2.24, 2.45) is 5.92 Å². The zero-order valence-corrected chi connectivity index (χ0v) is 15.5. The number of carbonyl (C=O) groups is 2. The molecule has 1 saturated heterocycles. The Morgan fingerprint density at radius 2 is 1.77 bits per heavy atom. The van der Waals surface area contributed by atoms with Crippen LogP contribution in [0.25, 0.3) is 0 Å². The summed E-state index contributed by atoms with van der Waals surface area (Å²) in [5.74, 6) is -0.349. The molecule has 1 fully saturated rings. The molecule has 1 aromatic carbocycles. The van der Waals surface area contributed by atoms with Gasteiger partial charge in [0.15, 0.2) is 9.84 Å². The Morgan fingerprint density at radius 1 is 1.08 bits per heavy atom. The van der Waals surface area contributed by atoms with E-state index in [4.69, 9.17) is 0 Å². The molecular weight excluding hydrogens is 352 g/mol. The van der Waals surface area contributed by atoms with Gasteiger partial charge in [-0.3, -0.25) is 9.59 Å². The smallest absolute Gasteiger partial charge is 0.253 e. The summed E-state index contributed by atoms with van der Waals surface area (Å²) in [6.45, 7) is 2.00. The highest BCUT2D eigenvalue weighted by molar-refractivity contribution is 7.94. The van der Waals surface area contributed by atoms with E-state index in [0.717, 1.165) is 31.5 Å². The Hall–Kier alpha value is -2.15. The number of sulfone groups is 1. The molecule has 0 saturated carbocycles. The monoisotopic (exact) mass is 376 g/mol. The molecule has 2 aliphatic heterocycles. The third kappa shape index (κ3) is 4.94. The molecule has 0 aliphatic carbocycles. The molecule has 7 heteroatoms. The highest BCUT2D eigenvalue weighted by Crippen LogP contribution is 2.18. The Morgan fingerprint density at radius 3 is 2.38 bits per heavy atom. The zero-order valence-electron chi connectivity index (χ0n) is 14.7. The fourth-order valence-electron chi connectivity index (χ4n) is 3.32. The number of piperidine rings is 1. The molecule has 1 aromatic rings. The van der Waals surface area contributed by atoms with Crippen LogP contribution in [-0.4, -0.2) is 44.0 Å². The number of benzene rings is 1. The summed E-state index contributed by atoms with van der Waals surface area (Å²) in [6, 6.07) is 7.28. The van der Waals surface area contributed by atoms with Gasteiger partial charge in [0.25, 0.3) is 5.91 Å². The molecule has 2 amide bonds. The zero-order chi connectivity index (χ0) is 18.6. The molecule has 0 radical (unpaired) electrons. The van der Waals surface area contributed by atoms with Gasteiger partial charge in [0.05, 0.1) is 5.75 Å². The van der Waals surface area contributed by atoms with Gasteiger partial charge >= 0.3 is 0 Å². The van der Waals surface area contributed by atoms with Crippen molar-refractivity contribution in [3.05, 3.63) is 46.9 Å². The van der Waals surface area contributed by atoms with Crippen LogP contribution >= 0.6 is 0 Å². The molecule has 2 aliphatic rings. The minimum absolute atomic E-state index is 0.00767. The topological polar surface area (TPSA) is 83.5 Å². The van der Waals surface area contributed by atoms with Gasteiger partial charge in [-0.05, 0) is 37.0 Å². The summed E-state index contributed by atoms with van der Waals surface area (Å²) in [4.78, 5) is 26.3. The minimum Gasteiger partial charge on any atom is -0.352 e. The van der Waals surface area contributed by atoms with E-state index in [9.17, 15) is 18.0 Å². The van der Waals surface area contributed by atoms with E-state index in [1.165, 1.54) is 11.8 Å². The van der Waals surface area contributed by atoms with Gasteiger partial charge in [-0.25, -0.2) is 8.42 Å². The number of carbonyl (C=O) groups excluding carboxylic acids is 2. The molecule has 3 rings (SSSR count). The molecule has 1 unspecified atom stereocenters. The van der Waals surface area contributed by atoms with Crippen molar-refractivity contribution in [1.29, 1.82) is 0 Å². The number of amides is 2. The van der Waals surface area contributed by atoms with Crippen molar-refractivity contribution in [1.82, 2.24) is 10.2 Å². The fourth-order valence-corrected chi connectivity index (χ4v) is 4.72. The van der Waals surface area contributed by atoms with E-state index < -0.39 is 9.84 Å². The summed E-state index contributed by atoms with van der Waals surface area (Å²) >= 11 is 0. The first kappa shape index (κ1) is 18.6. The average molecular weight is 376 g/mol. The van der Waals surface area contributed by atoms with Crippen molar-refractivity contribution in [3.8, 4) is 0 Å². The van der Waals surface area contributed by atoms with Crippen LogP contribution in [0.3, 0.4) is 0 Å².